The second-order valence-electron chi connectivity index (χ2n) is 4.31. The van der Waals surface area contributed by atoms with Crippen LogP contribution in [0.1, 0.15) is 15.9 Å². The van der Waals surface area contributed by atoms with Gasteiger partial charge in [0, 0.05) is 18.3 Å². The van der Waals surface area contributed by atoms with Crippen molar-refractivity contribution in [3.8, 4) is 0 Å². The predicted octanol–water partition coefficient (Wildman–Crippen LogP) is 0.996. The first-order chi connectivity index (χ1) is 10.4. The summed E-state index contributed by atoms with van der Waals surface area (Å²) in [6.07, 6.45) is 0.984. The zero-order valence-corrected chi connectivity index (χ0v) is 12.9. The Bertz CT molecular complexity index is 622. The molecule has 2 N–H and O–H groups in total. The molecule has 0 atom stereocenters. The smallest absolute Gasteiger partial charge is 0.354 e. The highest BCUT2D eigenvalue weighted by Gasteiger charge is 2.15. The van der Waals surface area contributed by atoms with E-state index in [1.165, 1.54) is 21.3 Å². The summed E-state index contributed by atoms with van der Waals surface area (Å²) in [5.41, 5.74) is 1.61. The average Bonchev–Trinajstić information content (AvgIpc) is 2.54. The molecule has 1 aromatic carbocycles. The maximum absolute atomic E-state index is 11.7. The molecule has 7 nitrogen and oxygen atoms in total. The van der Waals surface area contributed by atoms with Crippen LogP contribution in [0.25, 0.3) is 0 Å². The highest BCUT2D eigenvalue weighted by Crippen LogP contribution is 2.19. The van der Waals surface area contributed by atoms with Gasteiger partial charge in [0.05, 0.1) is 20.3 Å². The van der Waals surface area contributed by atoms with Crippen LogP contribution >= 0.6 is 0 Å². The van der Waals surface area contributed by atoms with Gasteiger partial charge in [-0.2, -0.15) is 0 Å². The molecule has 0 fully saturated rings. The zero-order valence-electron chi connectivity index (χ0n) is 12.9. The number of ether oxygens (including phenoxy) is 2. The number of aryl methyl sites for hydroxylation is 1. The number of carbonyl (C=O) groups is 3. The number of hydrogen-bond donors (Lipinski definition) is 2. The quantitative estimate of drug-likeness (QED) is 0.622. The lowest BCUT2D eigenvalue weighted by Crippen LogP contribution is -2.19. The number of methoxy groups -OCH3 is 2. The van der Waals surface area contributed by atoms with E-state index in [2.05, 4.69) is 20.1 Å². The first-order valence-electron chi connectivity index (χ1n) is 6.40. The summed E-state index contributed by atoms with van der Waals surface area (Å²) >= 11 is 0. The van der Waals surface area contributed by atoms with Crippen LogP contribution in [0.15, 0.2) is 30.0 Å². The Morgan fingerprint density at radius 2 is 1.82 bits per heavy atom. The first-order valence-corrected chi connectivity index (χ1v) is 6.40. The van der Waals surface area contributed by atoms with Gasteiger partial charge in [0.2, 0.25) is 0 Å². The monoisotopic (exact) mass is 306 g/mol. The molecule has 0 radical (unpaired) electrons. The third-order valence-corrected chi connectivity index (χ3v) is 2.86. The van der Waals surface area contributed by atoms with Gasteiger partial charge >= 0.3 is 11.9 Å². The average molecular weight is 306 g/mol. The molecule has 0 saturated carbocycles. The summed E-state index contributed by atoms with van der Waals surface area (Å²) in [5, 5.41) is 5.30. The van der Waals surface area contributed by atoms with Crippen LogP contribution in [0.5, 0.6) is 0 Å². The lowest BCUT2D eigenvalue weighted by Gasteiger charge is -2.12. The fourth-order valence-electron chi connectivity index (χ4n) is 1.62. The van der Waals surface area contributed by atoms with Crippen molar-refractivity contribution in [2.75, 3.05) is 26.6 Å². The Morgan fingerprint density at radius 1 is 1.14 bits per heavy atom. The van der Waals surface area contributed by atoms with Crippen molar-refractivity contribution in [3.05, 3.63) is 41.1 Å². The molecule has 0 bridgehead atoms. The van der Waals surface area contributed by atoms with Gasteiger partial charge < -0.3 is 20.1 Å². The highest BCUT2D eigenvalue weighted by atomic mass is 16.5. The van der Waals surface area contributed by atoms with Gasteiger partial charge in [-0.25, -0.2) is 9.59 Å². The van der Waals surface area contributed by atoms with E-state index in [1.807, 2.05) is 0 Å². The van der Waals surface area contributed by atoms with Gasteiger partial charge in [-0.15, -0.1) is 0 Å². The van der Waals surface area contributed by atoms with Crippen molar-refractivity contribution in [2.24, 2.45) is 0 Å². The largest absolute Gasteiger partial charge is 0.466 e. The molecular formula is C15H18N2O5. The molecule has 0 saturated heterocycles. The van der Waals surface area contributed by atoms with Crippen LogP contribution in [0.2, 0.25) is 0 Å². The predicted molar refractivity (Wildman–Crippen MR) is 80.3 cm³/mol. The molecule has 0 unspecified atom stereocenters. The Morgan fingerprint density at radius 3 is 2.36 bits per heavy atom. The van der Waals surface area contributed by atoms with Gasteiger partial charge in [-0.05, 0) is 24.6 Å². The molecular weight excluding hydrogens is 288 g/mol. The van der Waals surface area contributed by atoms with E-state index in [4.69, 9.17) is 0 Å². The third kappa shape index (κ3) is 4.34. The molecule has 0 aromatic heterocycles. The minimum Gasteiger partial charge on any atom is -0.466 e. The Balaban J connectivity index is 3.17. The van der Waals surface area contributed by atoms with Gasteiger partial charge in [-0.3, -0.25) is 4.79 Å². The van der Waals surface area contributed by atoms with E-state index in [9.17, 15) is 14.4 Å². The first kappa shape index (κ1) is 17.2. The summed E-state index contributed by atoms with van der Waals surface area (Å²) < 4.78 is 9.11. The summed E-state index contributed by atoms with van der Waals surface area (Å²) in [7, 11) is 3.92. The summed E-state index contributed by atoms with van der Waals surface area (Å²) in [6, 6.07) is 4.95. The Labute approximate surface area is 128 Å². The van der Waals surface area contributed by atoms with Crippen LogP contribution in [0.3, 0.4) is 0 Å². The van der Waals surface area contributed by atoms with E-state index in [1.54, 1.807) is 25.1 Å². The van der Waals surface area contributed by atoms with Crippen molar-refractivity contribution in [2.45, 2.75) is 6.92 Å². The highest BCUT2D eigenvalue weighted by molar-refractivity contribution is 6.00. The van der Waals surface area contributed by atoms with E-state index in [0.717, 1.165) is 11.6 Å². The molecule has 1 rings (SSSR count). The number of anilines is 1. The number of amides is 1. The van der Waals surface area contributed by atoms with E-state index < -0.39 is 11.9 Å². The van der Waals surface area contributed by atoms with Crippen molar-refractivity contribution in [1.82, 2.24) is 5.32 Å². The van der Waals surface area contributed by atoms with Gasteiger partial charge in [0.15, 0.2) is 0 Å². The molecule has 0 heterocycles. The van der Waals surface area contributed by atoms with Crippen LogP contribution in [0, 0.1) is 6.92 Å². The fraction of sp³-hybridized carbons (Fsp3) is 0.267. The number of benzene rings is 1. The molecule has 1 amide bonds. The fourth-order valence-corrected chi connectivity index (χ4v) is 1.62. The maximum atomic E-state index is 11.7. The molecule has 0 aliphatic heterocycles. The number of rotatable bonds is 5. The molecule has 0 spiro atoms. The molecule has 1 aromatic rings. The molecule has 7 heteroatoms. The normalized spacial score (nSPS) is 10.6. The van der Waals surface area contributed by atoms with Gasteiger partial charge in [-0.1, -0.05) is 6.07 Å². The molecule has 22 heavy (non-hydrogen) atoms. The van der Waals surface area contributed by atoms with Crippen LogP contribution < -0.4 is 10.6 Å². The number of esters is 2. The summed E-state index contributed by atoms with van der Waals surface area (Å²) in [5.74, 6) is -1.69. The van der Waals surface area contributed by atoms with Gasteiger partial charge in [0.1, 0.15) is 5.70 Å². The number of nitrogens with one attached hydrogen (secondary N) is 2. The zero-order chi connectivity index (χ0) is 16.7. The minimum absolute atomic E-state index is 0.0912. The second kappa shape index (κ2) is 7.82. The van der Waals surface area contributed by atoms with Crippen LogP contribution in [0.4, 0.5) is 5.69 Å². The standard InChI is InChI=1S/C15H18N2O5/c1-9-5-6-10(14(19)16-2)7-11(9)17-12(15(20)22-4)8-13(18)21-3/h5-8,17H,1-4H3,(H,16,19)/b12-8+. The van der Waals surface area contributed by atoms with Crippen molar-refractivity contribution in [1.29, 1.82) is 0 Å². The van der Waals surface area contributed by atoms with Gasteiger partial charge in [0.25, 0.3) is 5.91 Å². The molecule has 118 valence electrons. The van der Waals surface area contributed by atoms with E-state index >= 15 is 0 Å². The number of hydrogen-bond acceptors (Lipinski definition) is 6. The summed E-state index contributed by atoms with van der Waals surface area (Å²) in [6.45, 7) is 1.79. The molecule has 0 aliphatic carbocycles. The maximum Gasteiger partial charge on any atom is 0.354 e. The second-order valence-corrected chi connectivity index (χ2v) is 4.31. The Kier molecular flexibility index (Phi) is 6.12. The van der Waals surface area contributed by atoms with Crippen LogP contribution in [-0.2, 0) is 19.1 Å². The summed E-state index contributed by atoms with van der Waals surface area (Å²) in [4.78, 5) is 34.7. The Hall–Kier alpha value is -2.83. The van der Waals surface area contributed by atoms with Crippen LogP contribution in [-0.4, -0.2) is 39.1 Å². The minimum atomic E-state index is -0.727. The number of carbonyl (C=O) groups excluding carboxylic acids is 3. The van der Waals surface area contributed by atoms with E-state index in [-0.39, 0.29) is 11.6 Å². The SMILES string of the molecule is CNC(=O)c1ccc(C)c(N/C(=C/C(=O)OC)C(=O)OC)c1. The lowest BCUT2D eigenvalue weighted by atomic mass is 10.1. The van der Waals surface area contributed by atoms with Crippen molar-refractivity contribution in [3.63, 3.8) is 0 Å². The van der Waals surface area contributed by atoms with Crippen molar-refractivity contribution >= 4 is 23.5 Å². The third-order valence-electron chi connectivity index (χ3n) is 2.86. The van der Waals surface area contributed by atoms with E-state index in [0.29, 0.717) is 11.3 Å². The molecule has 0 aliphatic rings. The lowest BCUT2D eigenvalue weighted by molar-refractivity contribution is -0.138. The topological polar surface area (TPSA) is 93.7 Å². The van der Waals surface area contributed by atoms with Crippen molar-refractivity contribution < 1.29 is 23.9 Å².